The minimum atomic E-state index is 0.584. The number of ether oxygens (including phenoxy) is 1. The maximum absolute atomic E-state index is 5.18. The molecule has 0 spiro atoms. The predicted molar refractivity (Wildman–Crippen MR) is 80.9 cm³/mol. The lowest BCUT2D eigenvalue weighted by molar-refractivity contribution is 0.182. The first-order valence-corrected chi connectivity index (χ1v) is 7.76. The highest BCUT2D eigenvalue weighted by Crippen LogP contribution is 2.32. The van der Waals surface area contributed by atoms with Gasteiger partial charge >= 0.3 is 0 Å². The van der Waals surface area contributed by atoms with Crippen LogP contribution in [0, 0.1) is 0 Å². The molecular weight excluding hydrogens is 250 g/mol. The topological polar surface area (TPSA) is 39.9 Å². The Morgan fingerprint density at radius 2 is 2.10 bits per heavy atom. The number of allylic oxidation sites excluding steroid dienone is 2. The molecule has 1 aliphatic carbocycles. The number of hydrogen-bond donors (Lipinski definition) is 0. The van der Waals surface area contributed by atoms with Gasteiger partial charge in [-0.3, -0.25) is 0 Å². The average Bonchev–Trinajstić information content (AvgIpc) is 3.05. The molecule has 1 aliphatic rings. The first-order valence-electron chi connectivity index (χ1n) is 7.76. The van der Waals surface area contributed by atoms with Gasteiger partial charge in [0.1, 0.15) is 5.82 Å². The molecule has 1 saturated carbocycles. The van der Waals surface area contributed by atoms with Crippen molar-refractivity contribution in [2.24, 2.45) is 0 Å². The van der Waals surface area contributed by atoms with Gasteiger partial charge < -0.3 is 4.74 Å². The monoisotopic (exact) mass is 277 g/mol. The highest BCUT2D eigenvalue weighted by atomic mass is 16.5. The molecule has 0 atom stereocenters. The Morgan fingerprint density at radius 3 is 2.75 bits per heavy atom. The van der Waals surface area contributed by atoms with E-state index in [9.17, 15) is 0 Å². The van der Waals surface area contributed by atoms with E-state index < -0.39 is 0 Å². The van der Waals surface area contributed by atoms with E-state index in [1.54, 1.807) is 7.11 Å². The summed E-state index contributed by atoms with van der Waals surface area (Å²) in [5, 5.41) is 4.73. The molecule has 0 N–H and O–H groups in total. The Bertz CT molecular complexity index is 441. The van der Waals surface area contributed by atoms with Crippen molar-refractivity contribution in [1.82, 2.24) is 14.8 Å². The first-order chi connectivity index (χ1) is 9.70. The zero-order valence-corrected chi connectivity index (χ0v) is 13.1. The van der Waals surface area contributed by atoms with Gasteiger partial charge in [-0.1, -0.05) is 24.5 Å². The molecule has 0 radical (unpaired) electrons. The summed E-state index contributed by atoms with van der Waals surface area (Å²) < 4.78 is 7.23. The summed E-state index contributed by atoms with van der Waals surface area (Å²) >= 11 is 0. The maximum atomic E-state index is 5.18. The van der Waals surface area contributed by atoms with Crippen molar-refractivity contribution in [2.75, 3.05) is 13.7 Å². The van der Waals surface area contributed by atoms with Crippen molar-refractivity contribution in [2.45, 2.75) is 64.8 Å². The van der Waals surface area contributed by atoms with Crippen LogP contribution in [-0.2, 0) is 17.7 Å². The maximum Gasteiger partial charge on any atom is 0.154 e. The van der Waals surface area contributed by atoms with Crippen molar-refractivity contribution < 1.29 is 4.74 Å². The Kier molecular flexibility index (Phi) is 5.77. The molecule has 0 unspecified atom stereocenters. The lowest BCUT2D eigenvalue weighted by atomic mass is 10.1. The van der Waals surface area contributed by atoms with Crippen LogP contribution in [0.25, 0.3) is 0 Å². The van der Waals surface area contributed by atoms with E-state index in [1.807, 2.05) is 0 Å². The molecule has 0 amide bonds. The SMILES string of the molecule is COCCn1nc(C2CCCC2)nc1CCC=C(C)C. The molecule has 112 valence electrons. The van der Waals surface area contributed by atoms with E-state index in [4.69, 9.17) is 14.8 Å². The number of methoxy groups -OCH3 is 1. The summed E-state index contributed by atoms with van der Waals surface area (Å²) in [5.41, 5.74) is 1.36. The van der Waals surface area contributed by atoms with Gasteiger partial charge in [0.2, 0.25) is 0 Å². The second kappa shape index (κ2) is 7.58. The minimum Gasteiger partial charge on any atom is -0.383 e. The molecule has 4 nitrogen and oxygen atoms in total. The van der Waals surface area contributed by atoms with Crippen LogP contribution in [0.2, 0.25) is 0 Å². The molecule has 1 fully saturated rings. The van der Waals surface area contributed by atoms with Gasteiger partial charge in [0.15, 0.2) is 5.82 Å². The van der Waals surface area contributed by atoms with Crippen molar-refractivity contribution in [1.29, 1.82) is 0 Å². The van der Waals surface area contributed by atoms with Crippen LogP contribution in [0.5, 0.6) is 0 Å². The van der Waals surface area contributed by atoms with Crippen LogP contribution in [0.1, 0.15) is 63.5 Å². The third-order valence-electron chi connectivity index (χ3n) is 3.91. The molecule has 0 saturated heterocycles. The summed E-state index contributed by atoms with van der Waals surface area (Å²) in [7, 11) is 1.73. The third-order valence-corrected chi connectivity index (χ3v) is 3.91. The summed E-state index contributed by atoms with van der Waals surface area (Å²) in [6.45, 7) is 5.78. The number of hydrogen-bond acceptors (Lipinski definition) is 3. The van der Waals surface area contributed by atoms with E-state index >= 15 is 0 Å². The quantitative estimate of drug-likeness (QED) is 0.716. The molecular formula is C16H27N3O. The minimum absolute atomic E-state index is 0.584. The van der Waals surface area contributed by atoms with Crippen molar-refractivity contribution in [3.63, 3.8) is 0 Å². The zero-order valence-electron chi connectivity index (χ0n) is 13.1. The van der Waals surface area contributed by atoms with Crippen LogP contribution in [0.3, 0.4) is 0 Å². The summed E-state index contributed by atoms with van der Waals surface area (Å²) in [4.78, 5) is 4.81. The summed E-state index contributed by atoms with van der Waals surface area (Å²) in [6, 6.07) is 0. The number of rotatable bonds is 7. The lowest BCUT2D eigenvalue weighted by Gasteiger charge is -2.04. The van der Waals surface area contributed by atoms with Crippen LogP contribution in [0.15, 0.2) is 11.6 Å². The Hall–Kier alpha value is -1.16. The van der Waals surface area contributed by atoms with Crippen molar-refractivity contribution in [3.05, 3.63) is 23.3 Å². The molecule has 1 heterocycles. The van der Waals surface area contributed by atoms with Gasteiger partial charge in [-0.05, 0) is 33.1 Å². The van der Waals surface area contributed by atoms with Gasteiger partial charge in [0, 0.05) is 19.4 Å². The molecule has 2 rings (SSSR count). The van der Waals surface area contributed by atoms with Crippen molar-refractivity contribution in [3.8, 4) is 0 Å². The Morgan fingerprint density at radius 1 is 1.35 bits per heavy atom. The molecule has 4 heteroatoms. The summed E-state index contributed by atoms with van der Waals surface area (Å²) in [5.74, 6) is 2.76. The average molecular weight is 277 g/mol. The Labute approximate surface area is 122 Å². The van der Waals surface area contributed by atoms with Crippen LogP contribution in [-0.4, -0.2) is 28.5 Å². The van der Waals surface area contributed by atoms with Gasteiger partial charge in [0.25, 0.3) is 0 Å². The molecule has 1 aromatic heterocycles. The van der Waals surface area contributed by atoms with Gasteiger partial charge in [0.05, 0.1) is 13.2 Å². The van der Waals surface area contributed by atoms with Crippen LogP contribution >= 0.6 is 0 Å². The van der Waals surface area contributed by atoms with E-state index in [-0.39, 0.29) is 0 Å². The molecule has 0 aliphatic heterocycles. The smallest absolute Gasteiger partial charge is 0.154 e. The number of aromatic nitrogens is 3. The zero-order chi connectivity index (χ0) is 14.4. The third kappa shape index (κ3) is 4.17. The van der Waals surface area contributed by atoms with Crippen LogP contribution in [0.4, 0.5) is 0 Å². The second-order valence-electron chi connectivity index (χ2n) is 5.90. The second-order valence-corrected chi connectivity index (χ2v) is 5.90. The van der Waals surface area contributed by atoms with E-state index in [0.29, 0.717) is 12.5 Å². The van der Waals surface area contributed by atoms with E-state index in [0.717, 1.165) is 31.0 Å². The highest BCUT2D eigenvalue weighted by molar-refractivity contribution is 5.03. The fraction of sp³-hybridized carbons (Fsp3) is 0.750. The van der Waals surface area contributed by atoms with Gasteiger partial charge in [-0.2, -0.15) is 5.10 Å². The Balaban J connectivity index is 2.07. The predicted octanol–water partition coefficient (Wildman–Crippen LogP) is 3.48. The standard InChI is InChI=1S/C16H27N3O/c1-13(2)7-6-10-15-17-16(14-8-4-5-9-14)18-19(15)11-12-20-3/h7,14H,4-6,8-12H2,1-3H3. The normalized spacial score (nSPS) is 15.8. The molecule has 20 heavy (non-hydrogen) atoms. The molecule has 0 aromatic carbocycles. The van der Waals surface area contributed by atoms with E-state index in [2.05, 4.69) is 24.6 Å². The number of aryl methyl sites for hydroxylation is 1. The fourth-order valence-corrected chi connectivity index (χ4v) is 2.78. The number of nitrogens with zero attached hydrogens (tertiary/aromatic N) is 3. The lowest BCUT2D eigenvalue weighted by Crippen LogP contribution is -2.10. The first kappa shape index (κ1) is 15.2. The summed E-state index contributed by atoms with van der Waals surface area (Å²) in [6.07, 6.45) is 9.43. The largest absolute Gasteiger partial charge is 0.383 e. The van der Waals surface area contributed by atoms with Crippen LogP contribution < -0.4 is 0 Å². The van der Waals surface area contributed by atoms with Gasteiger partial charge in [-0.25, -0.2) is 9.67 Å². The fourth-order valence-electron chi connectivity index (χ4n) is 2.78. The molecule has 1 aromatic rings. The van der Waals surface area contributed by atoms with Gasteiger partial charge in [-0.15, -0.1) is 0 Å². The van der Waals surface area contributed by atoms with E-state index in [1.165, 1.54) is 31.3 Å². The molecule has 0 bridgehead atoms. The van der Waals surface area contributed by atoms with Crippen molar-refractivity contribution >= 4 is 0 Å². The highest BCUT2D eigenvalue weighted by Gasteiger charge is 2.22.